The van der Waals surface area contributed by atoms with Crippen molar-refractivity contribution in [3.63, 3.8) is 0 Å². The lowest BCUT2D eigenvalue weighted by atomic mass is 9.97. The Morgan fingerprint density at radius 1 is 1.11 bits per heavy atom. The molecule has 0 unspecified atom stereocenters. The number of benzene rings is 2. The van der Waals surface area contributed by atoms with E-state index in [4.69, 9.17) is 0 Å². The van der Waals surface area contributed by atoms with Crippen molar-refractivity contribution in [3.05, 3.63) is 71.1 Å². The molecule has 0 radical (unpaired) electrons. The fourth-order valence-electron chi connectivity index (χ4n) is 3.09. The quantitative estimate of drug-likeness (QED) is 0.654. The number of aromatic nitrogens is 1. The monoisotopic (exact) mass is 391 g/mol. The summed E-state index contributed by atoms with van der Waals surface area (Å²) >= 11 is 1.37. The molecule has 2 heterocycles. The predicted octanol–water partition coefficient (Wildman–Crippen LogP) is 3.27. The van der Waals surface area contributed by atoms with Crippen LogP contribution in [-0.4, -0.2) is 22.7 Å². The molecule has 3 aromatic rings. The van der Waals surface area contributed by atoms with Crippen LogP contribution in [0.3, 0.4) is 0 Å². The Morgan fingerprint density at radius 2 is 1.86 bits per heavy atom. The number of thiazole rings is 1. The zero-order chi connectivity index (χ0) is 19.5. The summed E-state index contributed by atoms with van der Waals surface area (Å²) in [7, 11) is 0. The van der Waals surface area contributed by atoms with Crippen LogP contribution in [0.1, 0.15) is 22.3 Å². The summed E-state index contributed by atoms with van der Waals surface area (Å²) in [5, 5.41) is 7.56. The van der Waals surface area contributed by atoms with Crippen molar-refractivity contribution >= 4 is 34.2 Å². The average Bonchev–Trinajstić information content (AvgIpc) is 3.29. The molecule has 1 fully saturated rings. The van der Waals surface area contributed by atoms with Gasteiger partial charge >= 0.3 is 0 Å². The van der Waals surface area contributed by atoms with Crippen LogP contribution in [0.25, 0.3) is 11.3 Å². The van der Waals surface area contributed by atoms with E-state index in [-0.39, 0.29) is 30.1 Å². The summed E-state index contributed by atoms with van der Waals surface area (Å²) in [4.78, 5) is 39.9. The number of amides is 3. The van der Waals surface area contributed by atoms with E-state index in [0.717, 1.165) is 16.8 Å². The number of nitrogens with zero attached hydrogens (tertiary/aromatic N) is 1. The molecule has 6 nitrogen and oxygen atoms in total. The van der Waals surface area contributed by atoms with E-state index < -0.39 is 0 Å². The molecule has 3 amide bonds. The van der Waals surface area contributed by atoms with Gasteiger partial charge in [0.1, 0.15) is 0 Å². The summed E-state index contributed by atoms with van der Waals surface area (Å²) in [5.41, 5.74) is 3.23. The van der Waals surface area contributed by atoms with Gasteiger partial charge in [-0.15, -0.1) is 11.3 Å². The van der Waals surface area contributed by atoms with Crippen molar-refractivity contribution in [1.82, 2.24) is 10.3 Å². The summed E-state index contributed by atoms with van der Waals surface area (Å²) in [6.07, 6.45) is 0.696. The molecular formula is C21H17N3O3S. The number of hydrogen-bond acceptors (Lipinski definition) is 5. The number of imide groups is 1. The van der Waals surface area contributed by atoms with Crippen LogP contribution in [0, 0.1) is 5.92 Å². The maximum atomic E-state index is 12.5. The van der Waals surface area contributed by atoms with E-state index in [1.54, 1.807) is 12.1 Å². The van der Waals surface area contributed by atoms with E-state index in [0.29, 0.717) is 17.1 Å². The Morgan fingerprint density at radius 3 is 2.54 bits per heavy atom. The summed E-state index contributed by atoms with van der Waals surface area (Å²) in [6.45, 7) is 0. The highest BCUT2D eigenvalue weighted by atomic mass is 32.1. The maximum absolute atomic E-state index is 12.5. The Balaban J connectivity index is 1.39. The first-order valence-electron chi connectivity index (χ1n) is 8.83. The highest BCUT2D eigenvalue weighted by Crippen LogP contribution is 2.25. The molecule has 4 rings (SSSR count). The normalized spacial score (nSPS) is 16.1. The average molecular weight is 391 g/mol. The van der Waals surface area contributed by atoms with Gasteiger partial charge < -0.3 is 0 Å². The van der Waals surface area contributed by atoms with Gasteiger partial charge in [-0.05, 0) is 24.1 Å². The molecule has 2 aromatic carbocycles. The van der Waals surface area contributed by atoms with Gasteiger partial charge in [-0.25, -0.2) is 4.98 Å². The highest BCUT2D eigenvalue weighted by Gasteiger charge is 2.30. The molecule has 1 aromatic heterocycles. The molecule has 1 aliphatic heterocycles. The van der Waals surface area contributed by atoms with Gasteiger partial charge in [0.15, 0.2) is 5.13 Å². The molecule has 0 spiro atoms. The Bertz CT molecular complexity index is 1030. The number of carbonyl (C=O) groups excluding carboxylic acids is 3. The number of hydrogen-bond donors (Lipinski definition) is 2. The van der Waals surface area contributed by atoms with Crippen LogP contribution in [-0.2, 0) is 16.0 Å². The molecule has 28 heavy (non-hydrogen) atoms. The largest absolute Gasteiger partial charge is 0.298 e. The number of anilines is 1. The van der Waals surface area contributed by atoms with Crippen molar-refractivity contribution in [2.24, 2.45) is 5.92 Å². The fourth-order valence-corrected chi connectivity index (χ4v) is 3.81. The topological polar surface area (TPSA) is 88.2 Å². The van der Waals surface area contributed by atoms with Crippen LogP contribution in [0.5, 0.6) is 0 Å². The molecule has 140 valence electrons. The first kappa shape index (κ1) is 18.1. The third-order valence-corrected chi connectivity index (χ3v) is 5.32. The van der Waals surface area contributed by atoms with E-state index in [1.807, 2.05) is 47.8 Å². The Labute approximate surface area is 165 Å². The van der Waals surface area contributed by atoms with Crippen molar-refractivity contribution in [2.45, 2.75) is 12.8 Å². The zero-order valence-electron chi connectivity index (χ0n) is 14.8. The smallest absolute Gasteiger partial charge is 0.257 e. The third kappa shape index (κ3) is 3.99. The van der Waals surface area contributed by atoms with Crippen LogP contribution >= 0.6 is 11.3 Å². The Hall–Kier alpha value is -3.32. The molecule has 0 saturated carbocycles. The van der Waals surface area contributed by atoms with Crippen LogP contribution in [0.15, 0.2) is 60.0 Å². The molecule has 0 aliphatic carbocycles. The molecule has 1 aliphatic rings. The van der Waals surface area contributed by atoms with Gasteiger partial charge in [0.05, 0.1) is 11.6 Å². The summed E-state index contributed by atoms with van der Waals surface area (Å²) < 4.78 is 0. The lowest BCUT2D eigenvalue weighted by Gasteiger charge is -2.07. The second-order valence-electron chi connectivity index (χ2n) is 6.57. The van der Waals surface area contributed by atoms with Crippen molar-refractivity contribution in [3.8, 4) is 11.3 Å². The number of carbonyl (C=O) groups is 3. The number of nitrogens with one attached hydrogen (secondary N) is 2. The van der Waals surface area contributed by atoms with Crippen LogP contribution in [0.2, 0.25) is 0 Å². The van der Waals surface area contributed by atoms with Crippen molar-refractivity contribution in [1.29, 1.82) is 0 Å². The first-order chi connectivity index (χ1) is 13.6. The van der Waals surface area contributed by atoms with Gasteiger partial charge in [-0.3, -0.25) is 25.0 Å². The summed E-state index contributed by atoms with van der Waals surface area (Å²) in [5.74, 6) is -1.04. The van der Waals surface area contributed by atoms with Crippen LogP contribution < -0.4 is 10.6 Å². The van der Waals surface area contributed by atoms with Gasteiger partial charge in [-0.2, -0.15) is 0 Å². The van der Waals surface area contributed by atoms with E-state index in [9.17, 15) is 14.4 Å². The van der Waals surface area contributed by atoms with Crippen molar-refractivity contribution in [2.75, 3.05) is 5.32 Å². The standard InChI is InChI=1S/C21H17N3O3S/c25-18-11-16(20(27)23-18)10-13-6-8-15(9-7-13)19(26)24-21-22-17(12-28-21)14-4-2-1-3-5-14/h1-9,12,16H,10-11H2,(H,22,24,26)(H,23,25,27)/t16-/m1/s1. The molecule has 2 N–H and O–H groups in total. The van der Waals surface area contributed by atoms with Crippen molar-refractivity contribution < 1.29 is 14.4 Å². The highest BCUT2D eigenvalue weighted by molar-refractivity contribution is 7.14. The SMILES string of the molecule is O=C1C[C@@H](Cc2ccc(C(=O)Nc3nc(-c4ccccc4)cs3)cc2)C(=O)N1. The molecular weight excluding hydrogens is 374 g/mol. The van der Waals surface area contributed by atoms with Crippen LogP contribution in [0.4, 0.5) is 5.13 Å². The van der Waals surface area contributed by atoms with E-state index in [2.05, 4.69) is 15.6 Å². The zero-order valence-corrected chi connectivity index (χ0v) is 15.7. The predicted molar refractivity (Wildman–Crippen MR) is 107 cm³/mol. The number of rotatable bonds is 5. The Kier molecular flexibility index (Phi) is 4.99. The molecule has 1 atom stereocenters. The lowest BCUT2D eigenvalue weighted by molar-refractivity contribution is -0.125. The second kappa shape index (κ2) is 7.74. The van der Waals surface area contributed by atoms with Gasteiger partial charge in [0.25, 0.3) is 5.91 Å². The van der Waals surface area contributed by atoms with E-state index in [1.165, 1.54) is 11.3 Å². The molecule has 0 bridgehead atoms. The van der Waals surface area contributed by atoms with Gasteiger partial charge in [0, 0.05) is 22.9 Å². The molecule has 1 saturated heterocycles. The third-order valence-electron chi connectivity index (χ3n) is 4.56. The van der Waals surface area contributed by atoms with E-state index >= 15 is 0 Å². The second-order valence-corrected chi connectivity index (χ2v) is 7.43. The maximum Gasteiger partial charge on any atom is 0.257 e. The minimum Gasteiger partial charge on any atom is -0.298 e. The minimum absolute atomic E-state index is 0.217. The fraction of sp³-hybridized carbons (Fsp3) is 0.143. The van der Waals surface area contributed by atoms with Gasteiger partial charge in [-0.1, -0.05) is 42.5 Å². The summed E-state index contributed by atoms with van der Waals surface area (Å²) in [6, 6.07) is 16.8. The molecule has 7 heteroatoms. The van der Waals surface area contributed by atoms with Gasteiger partial charge in [0.2, 0.25) is 11.8 Å². The lowest BCUT2D eigenvalue weighted by Crippen LogP contribution is -2.22. The first-order valence-corrected chi connectivity index (χ1v) is 9.71. The minimum atomic E-state index is -0.334.